The summed E-state index contributed by atoms with van der Waals surface area (Å²) in [6.07, 6.45) is 7.54. The minimum atomic E-state index is -0.555. The van der Waals surface area contributed by atoms with Gasteiger partial charge in [0.1, 0.15) is 28.3 Å². The van der Waals surface area contributed by atoms with Gasteiger partial charge in [0.15, 0.2) is 9.05 Å². The Bertz CT molecular complexity index is 2670. The first-order valence-electron chi connectivity index (χ1n) is 22.4. The van der Waals surface area contributed by atoms with E-state index in [-0.39, 0.29) is 29.7 Å². The van der Waals surface area contributed by atoms with Crippen molar-refractivity contribution < 1.29 is 38.2 Å². The third-order valence-electron chi connectivity index (χ3n) is 10.9. The lowest BCUT2D eigenvalue weighted by atomic mass is 10.1. The van der Waals surface area contributed by atoms with Crippen LogP contribution in [0.15, 0.2) is 69.8 Å². The number of rotatable bonds is 8. The normalized spacial score (nSPS) is 15.3. The molecule has 19 nitrogen and oxygen atoms in total. The molecular formula is C47H56BrN11O8S2. The Balaban J connectivity index is 0.000000215. The fourth-order valence-corrected chi connectivity index (χ4v) is 9.43. The average molecular weight is 1050 g/mol. The first-order valence-corrected chi connectivity index (χ1v) is 24.9. The molecule has 0 aliphatic carbocycles. The van der Waals surface area contributed by atoms with Gasteiger partial charge in [0.05, 0.1) is 48.8 Å². The molecule has 0 radical (unpaired) electrons. The summed E-state index contributed by atoms with van der Waals surface area (Å²) >= 11 is 5.86. The second-order valence-corrected chi connectivity index (χ2v) is 21.2. The highest BCUT2D eigenvalue weighted by Gasteiger charge is 2.32. The Hall–Kier alpha value is -6.39. The number of nitrogens with one attached hydrogen (secondary N) is 2. The van der Waals surface area contributed by atoms with Crippen LogP contribution < -0.4 is 30.1 Å². The number of hydrogen-bond donors (Lipinski definition) is 2. The molecule has 2 saturated heterocycles. The number of ether oxygens (including phenoxy) is 3. The molecule has 0 atom stereocenters. The molecule has 69 heavy (non-hydrogen) atoms. The molecule has 7 heterocycles. The highest BCUT2D eigenvalue weighted by Crippen LogP contribution is 2.34. The number of hydrogen-bond acceptors (Lipinski definition) is 16. The van der Waals surface area contributed by atoms with Gasteiger partial charge >= 0.3 is 12.2 Å². The van der Waals surface area contributed by atoms with Crippen molar-refractivity contribution >= 4 is 96.4 Å². The van der Waals surface area contributed by atoms with Crippen LogP contribution in [0.5, 0.6) is 5.75 Å². The molecule has 366 valence electrons. The smallest absolute Gasteiger partial charge is 0.410 e. The zero-order valence-corrected chi connectivity index (χ0v) is 42.8. The van der Waals surface area contributed by atoms with Gasteiger partial charge in [-0.1, -0.05) is 6.07 Å². The zero-order chi connectivity index (χ0) is 49.5. The number of benzene rings is 1. The maximum Gasteiger partial charge on any atom is 0.410 e. The van der Waals surface area contributed by atoms with Crippen LogP contribution in [-0.2, 0) is 16.0 Å². The molecule has 4 aromatic heterocycles. The quantitative estimate of drug-likeness (QED) is 0.150. The highest BCUT2D eigenvalue weighted by molar-refractivity contribution is 9.11. The van der Waals surface area contributed by atoms with Gasteiger partial charge in [0.25, 0.3) is 17.7 Å². The van der Waals surface area contributed by atoms with Crippen molar-refractivity contribution in [2.45, 2.75) is 72.1 Å². The van der Waals surface area contributed by atoms with E-state index >= 15 is 0 Å². The summed E-state index contributed by atoms with van der Waals surface area (Å²) in [5.74, 6) is -0.243. The molecule has 1 aromatic carbocycles. The van der Waals surface area contributed by atoms with E-state index in [1.807, 2.05) is 65.8 Å². The molecule has 5 amide bonds. The monoisotopic (exact) mass is 1050 g/mol. The zero-order valence-electron chi connectivity index (χ0n) is 39.6. The van der Waals surface area contributed by atoms with Crippen molar-refractivity contribution in [3.05, 3.63) is 92.3 Å². The summed E-state index contributed by atoms with van der Waals surface area (Å²) in [5, 5.41) is 9.62. The number of pyridine rings is 2. The van der Waals surface area contributed by atoms with Crippen LogP contribution in [0.1, 0.15) is 91.3 Å². The number of amides is 5. The highest BCUT2D eigenvalue weighted by atomic mass is 79.9. The Labute approximate surface area is 417 Å². The second kappa shape index (κ2) is 21.9. The summed E-state index contributed by atoms with van der Waals surface area (Å²) in [7, 11) is 1.56. The van der Waals surface area contributed by atoms with E-state index in [1.165, 1.54) is 22.7 Å². The number of methoxy groups -OCH3 is 1. The Morgan fingerprint density at radius 1 is 0.681 bits per heavy atom. The molecule has 0 saturated carbocycles. The molecule has 5 aromatic rings. The van der Waals surface area contributed by atoms with Gasteiger partial charge in [-0.05, 0) is 100 Å². The SMILES string of the molecule is CC(C)(C)OC(=O)N1CCCN(c2ccncc2NC(=O)c2csc(Br)n2)CC1.COc1ccc2c(c1)C(=O)N(c1nc(C(=O)Nc3cnccc3N3CCCN(C(=O)OC(C)(C)C)CC3)cs1)C2. The summed E-state index contributed by atoms with van der Waals surface area (Å²) in [5.41, 5.74) is 3.79. The van der Waals surface area contributed by atoms with Crippen molar-refractivity contribution in [2.75, 3.05) is 84.8 Å². The van der Waals surface area contributed by atoms with Crippen molar-refractivity contribution in [3.63, 3.8) is 0 Å². The molecule has 0 unspecified atom stereocenters. The minimum Gasteiger partial charge on any atom is -0.497 e. The third kappa shape index (κ3) is 13.2. The lowest BCUT2D eigenvalue weighted by molar-refractivity contribution is 0.0253. The van der Waals surface area contributed by atoms with Crippen LogP contribution in [0.25, 0.3) is 0 Å². The number of nitrogens with zero attached hydrogens (tertiary/aromatic N) is 9. The predicted molar refractivity (Wildman–Crippen MR) is 269 cm³/mol. The van der Waals surface area contributed by atoms with Crippen LogP contribution >= 0.6 is 38.6 Å². The second-order valence-electron chi connectivity index (χ2n) is 18.2. The number of thiazole rings is 2. The Kier molecular flexibility index (Phi) is 16.0. The topological polar surface area (TPSA) is 205 Å². The number of aromatic nitrogens is 4. The molecule has 0 spiro atoms. The molecule has 3 aliphatic rings. The first kappa shape index (κ1) is 50.5. The van der Waals surface area contributed by atoms with E-state index in [9.17, 15) is 24.0 Å². The van der Waals surface area contributed by atoms with E-state index in [4.69, 9.17) is 14.2 Å². The van der Waals surface area contributed by atoms with E-state index in [0.717, 1.165) is 36.3 Å². The summed E-state index contributed by atoms with van der Waals surface area (Å²) in [6.45, 7) is 16.5. The van der Waals surface area contributed by atoms with Crippen molar-refractivity contribution in [2.24, 2.45) is 0 Å². The lowest BCUT2D eigenvalue weighted by Crippen LogP contribution is -2.39. The summed E-state index contributed by atoms with van der Waals surface area (Å²) in [4.78, 5) is 89.9. The summed E-state index contributed by atoms with van der Waals surface area (Å²) in [6, 6.07) is 9.13. The van der Waals surface area contributed by atoms with Gasteiger partial charge in [-0.2, -0.15) is 0 Å². The molecule has 0 bridgehead atoms. The predicted octanol–water partition coefficient (Wildman–Crippen LogP) is 8.41. The molecule has 2 N–H and O–H groups in total. The average Bonchev–Trinajstić information content (AvgIpc) is 3.93. The van der Waals surface area contributed by atoms with Crippen LogP contribution in [-0.4, -0.2) is 130 Å². The van der Waals surface area contributed by atoms with E-state index in [0.29, 0.717) is 89.8 Å². The molecular weight excluding hydrogens is 991 g/mol. The van der Waals surface area contributed by atoms with Gasteiger partial charge in [-0.25, -0.2) is 19.6 Å². The van der Waals surface area contributed by atoms with E-state index in [2.05, 4.69) is 56.3 Å². The van der Waals surface area contributed by atoms with Crippen molar-refractivity contribution in [3.8, 4) is 5.75 Å². The third-order valence-corrected chi connectivity index (χ3v) is 13.1. The number of carbonyl (C=O) groups is 5. The largest absolute Gasteiger partial charge is 0.497 e. The van der Waals surface area contributed by atoms with Gasteiger partial charge in [0.2, 0.25) is 0 Å². The maximum absolute atomic E-state index is 13.2. The van der Waals surface area contributed by atoms with Crippen LogP contribution in [0.3, 0.4) is 0 Å². The molecule has 3 aliphatic heterocycles. The number of fused-ring (bicyclic) bond motifs is 1. The van der Waals surface area contributed by atoms with Crippen molar-refractivity contribution in [1.29, 1.82) is 0 Å². The number of halogens is 1. The fourth-order valence-electron chi connectivity index (χ4n) is 7.64. The van der Waals surface area contributed by atoms with Gasteiger partial charge in [-0.3, -0.25) is 29.3 Å². The van der Waals surface area contributed by atoms with Crippen LogP contribution in [0.4, 0.5) is 37.5 Å². The van der Waals surface area contributed by atoms with Gasteiger partial charge in [-0.15, -0.1) is 22.7 Å². The minimum absolute atomic E-state index is 0.175. The fraction of sp³-hybridized carbons (Fsp3) is 0.426. The number of carbonyl (C=O) groups excluding carboxylic acids is 5. The van der Waals surface area contributed by atoms with Crippen LogP contribution in [0, 0.1) is 0 Å². The molecule has 22 heteroatoms. The van der Waals surface area contributed by atoms with Gasteiger partial charge in [0, 0.05) is 81.1 Å². The van der Waals surface area contributed by atoms with E-state index in [1.54, 1.807) is 63.4 Å². The maximum atomic E-state index is 13.2. The first-order chi connectivity index (χ1) is 32.9. The van der Waals surface area contributed by atoms with E-state index < -0.39 is 17.1 Å². The molecule has 2 fully saturated rings. The molecule has 8 rings (SSSR count). The van der Waals surface area contributed by atoms with Crippen molar-refractivity contribution in [1.82, 2.24) is 29.7 Å². The Morgan fingerprint density at radius 2 is 1.20 bits per heavy atom. The standard InChI is InChI=1S/C28H32N6O5S.C19H24BrN5O3S/c1-28(2,3)39-27(37)33-11-5-10-32(12-13-33)23-8-9-29-15-21(23)30-24(35)22-17-40-26(31-22)34-16-18-6-7-19(38-4)14-20(18)25(34)36;1-19(2,3)28-18(27)25-8-4-7-24(9-10-25)15-5-6-21-11-13(15)22-16(26)14-12-29-17(20)23-14/h6-9,14-15,17H,5,10-13,16H2,1-4H3,(H,30,35);5-6,11-12H,4,7-10H2,1-3H3,(H,22,26). The van der Waals surface area contributed by atoms with Gasteiger partial charge < -0.3 is 44.4 Å². The summed E-state index contributed by atoms with van der Waals surface area (Å²) < 4.78 is 16.9. The van der Waals surface area contributed by atoms with Crippen LogP contribution in [0.2, 0.25) is 0 Å². The Morgan fingerprint density at radius 3 is 1.70 bits per heavy atom. The lowest BCUT2D eigenvalue weighted by Gasteiger charge is -2.27. The number of anilines is 5.